The molecule has 0 unspecified atom stereocenters. The number of amides is 1. The number of anilines is 1. The van der Waals surface area contributed by atoms with Crippen molar-refractivity contribution in [1.29, 1.82) is 0 Å². The van der Waals surface area contributed by atoms with Crippen LogP contribution in [-0.4, -0.2) is 12.5 Å². The zero-order valence-corrected chi connectivity index (χ0v) is 18.5. The highest BCUT2D eigenvalue weighted by Gasteiger charge is 2.17. The third-order valence-electron chi connectivity index (χ3n) is 4.23. The molecular weight excluding hydrogens is 454 g/mol. The molecule has 0 fully saturated rings. The lowest BCUT2D eigenvalue weighted by atomic mass is 10.1. The summed E-state index contributed by atoms with van der Waals surface area (Å²) in [5.41, 5.74) is 3.04. The maximum atomic E-state index is 12.8. The molecule has 0 heterocycles. The molecular formula is C23H21BrClNO3. The summed E-state index contributed by atoms with van der Waals surface area (Å²) in [6.07, 6.45) is 0. The van der Waals surface area contributed by atoms with E-state index in [1.54, 1.807) is 18.2 Å². The highest BCUT2D eigenvalue weighted by molar-refractivity contribution is 9.10. The zero-order chi connectivity index (χ0) is 20.8. The minimum atomic E-state index is -0.266. The number of carbonyl (C=O) groups excluding carboxylic acids is 1. The molecule has 0 spiro atoms. The number of carbonyl (C=O) groups is 1. The monoisotopic (exact) mass is 473 g/mol. The van der Waals surface area contributed by atoms with Gasteiger partial charge in [0.25, 0.3) is 5.91 Å². The largest absolute Gasteiger partial charge is 0.489 e. The van der Waals surface area contributed by atoms with Crippen LogP contribution < -0.4 is 14.8 Å². The van der Waals surface area contributed by atoms with E-state index in [1.807, 2.05) is 56.3 Å². The van der Waals surface area contributed by atoms with E-state index in [0.717, 1.165) is 11.1 Å². The molecule has 3 aromatic carbocycles. The average Bonchev–Trinajstić information content (AvgIpc) is 2.71. The van der Waals surface area contributed by atoms with Crippen molar-refractivity contribution in [3.05, 3.63) is 86.8 Å². The minimum absolute atomic E-state index is 0.266. The summed E-state index contributed by atoms with van der Waals surface area (Å²) in [5, 5.41) is 3.46. The fraction of sp³-hybridized carbons (Fsp3) is 0.174. The van der Waals surface area contributed by atoms with Crippen molar-refractivity contribution < 1.29 is 14.3 Å². The fourth-order valence-electron chi connectivity index (χ4n) is 2.70. The van der Waals surface area contributed by atoms with Crippen LogP contribution in [0.15, 0.2) is 65.1 Å². The molecule has 0 bridgehead atoms. The Balaban J connectivity index is 1.85. The Morgan fingerprint density at radius 2 is 1.83 bits per heavy atom. The van der Waals surface area contributed by atoms with Crippen molar-refractivity contribution >= 4 is 39.1 Å². The van der Waals surface area contributed by atoms with Gasteiger partial charge in [-0.25, -0.2) is 0 Å². The lowest BCUT2D eigenvalue weighted by Crippen LogP contribution is -2.13. The molecule has 0 saturated heterocycles. The SMILES string of the molecule is CCOc1c(Br)cc(C(=O)Nc2ccc(C)c(Cl)c2)cc1OCc1ccccc1. The van der Waals surface area contributed by atoms with Gasteiger partial charge in [-0.15, -0.1) is 0 Å². The maximum absolute atomic E-state index is 12.8. The minimum Gasteiger partial charge on any atom is -0.489 e. The van der Waals surface area contributed by atoms with Crippen LogP contribution in [0.4, 0.5) is 5.69 Å². The Labute approximate surface area is 183 Å². The van der Waals surface area contributed by atoms with Crippen LogP contribution in [0.3, 0.4) is 0 Å². The van der Waals surface area contributed by atoms with Gasteiger partial charge in [-0.05, 0) is 65.2 Å². The highest BCUT2D eigenvalue weighted by Crippen LogP contribution is 2.37. The van der Waals surface area contributed by atoms with E-state index in [0.29, 0.717) is 45.5 Å². The number of hydrogen-bond donors (Lipinski definition) is 1. The molecule has 4 nitrogen and oxygen atoms in total. The first-order chi connectivity index (χ1) is 14.0. The predicted octanol–water partition coefficient (Wildman–Crippen LogP) is 6.64. The fourth-order valence-corrected chi connectivity index (χ4v) is 3.44. The Morgan fingerprint density at radius 1 is 1.07 bits per heavy atom. The van der Waals surface area contributed by atoms with E-state index >= 15 is 0 Å². The van der Waals surface area contributed by atoms with Gasteiger partial charge in [-0.2, -0.15) is 0 Å². The van der Waals surface area contributed by atoms with E-state index in [4.69, 9.17) is 21.1 Å². The summed E-state index contributed by atoms with van der Waals surface area (Å²) < 4.78 is 12.3. The van der Waals surface area contributed by atoms with Gasteiger partial charge >= 0.3 is 0 Å². The molecule has 3 rings (SSSR count). The molecule has 0 aliphatic carbocycles. The van der Waals surface area contributed by atoms with Crippen LogP contribution in [0.1, 0.15) is 28.4 Å². The lowest BCUT2D eigenvalue weighted by Gasteiger charge is -2.15. The molecule has 0 aliphatic rings. The number of hydrogen-bond acceptors (Lipinski definition) is 3. The summed E-state index contributed by atoms with van der Waals surface area (Å²) in [6, 6.07) is 18.6. The first-order valence-electron chi connectivity index (χ1n) is 9.18. The Morgan fingerprint density at radius 3 is 2.52 bits per heavy atom. The normalized spacial score (nSPS) is 10.5. The maximum Gasteiger partial charge on any atom is 0.255 e. The molecule has 0 radical (unpaired) electrons. The van der Waals surface area contributed by atoms with Crippen LogP contribution in [0.25, 0.3) is 0 Å². The summed E-state index contributed by atoms with van der Waals surface area (Å²) in [6.45, 7) is 4.66. The van der Waals surface area contributed by atoms with Crippen LogP contribution in [0.5, 0.6) is 11.5 Å². The van der Waals surface area contributed by atoms with Gasteiger partial charge in [0, 0.05) is 16.3 Å². The Kier molecular flexibility index (Phi) is 7.18. The van der Waals surface area contributed by atoms with Crippen molar-refractivity contribution in [2.24, 2.45) is 0 Å². The number of benzene rings is 3. The summed E-state index contributed by atoms with van der Waals surface area (Å²) >= 11 is 9.65. The van der Waals surface area contributed by atoms with Crippen molar-refractivity contribution in [1.82, 2.24) is 0 Å². The second-order valence-electron chi connectivity index (χ2n) is 6.41. The second-order valence-corrected chi connectivity index (χ2v) is 7.67. The topological polar surface area (TPSA) is 47.6 Å². The molecule has 0 aromatic heterocycles. The summed E-state index contributed by atoms with van der Waals surface area (Å²) in [5.74, 6) is 0.800. The number of nitrogens with one attached hydrogen (secondary N) is 1. The van der Waals surface area contributed by atoms with Gasteiger partial charge in [0.15, 0.2) is 11.5 Å². The van der Waals surface area contributed by atoms with Gasteiger partial charge in [-0.1, -0.05) is 48.0 Å². The second kappa shape index (κ2) is 9.81. The van der Waals surface area contributed by atoms with Crippen molar-refractivity contribution in [3.63, 3.8) is 0 Å². The number of aryl methyl sites for hydroxylation is 1. The molecule has 0 atom stereocenters. The van der Waals surface area contributed by atoms with Crippen molar-refractivity contribution in [2.45, 2.75) is 20.5 Å². The first-order valence-corrected chi connectivity index (χ1v) is 10.4. The number of halogens is 2. The smallest absolute Gasteiger partial charge is 0.255 e. The standard InChI is InChI=1S/C23H21BrClNO3/c1-3-28-22-19(24)11-17(12-21(22)29-14-16-7-5-4-6-8-16)23(27)26-18-10-9-15(2)20(25)13-18/h4-13H,3,14H2,1-2H3,(H,26,27). The van der Waals surface area contributed by atoms with E-state index in [9.17, 15) is 4.79 Å². The van der Waals surface area contributed by atoms with E-state index in [2.05, 4.69) is 21.2 Å². The third-order valence-corrected chi connectivity index (χ3v) is 5.22. The van der Waals surface area contributed by atoms with Crippen LogP contribution in [0.2, 0.25) is 5.02 Å². The van der Waals surface area contributed by atoms with E-state index in [-0.39, 0.29) is 5.91 Å². The van der Waals surface area contributed by atoms with Crippen LogP contribution in [0, 0.1) is 6.92 Å². The van der Waals surface area contributed by atoms with Crippen molar-refractivity contribution in [2.75, 3.05) is 11.9 Å². The van der Waals surface area contributed by atoms with Gasteiger partial charge in [0.05, 0.1) is 11.1 Å². The van der Waals surface area contributed by atoms with E-state index in [1.165, 1.54) is 0 Å². The Bertz CT molecular complexity index is 1010. The average molecular weight is 475 g/mol. The zero-order valence-electron chi connectivity index (χ0n) is 16.2. The molecule has 3 aromatic rings. The Hall–Kier alpha value is -2.50. The molecule has 0 saturated carbocycles. The lowest BCUT2D eigenvalue weighted by molar-refractivity contribution is 0.102. The molecule has 29 heavy (non-hydrogen) atoms. The van der Waals surface area contributed by atoms with Gasteiger partial charge in [0.1, 0.15) is 6.61 Å². The molecule has 6 heteroatoms. The molecule has 150 valence electrons. The number of rotatable bonds is 7. The number of ether oxygens (including phenoxy) is 2. The quantitative estimate of drug-likeness (QED) is 0.417. The predicted molar refractivity (Wildman–Crippen MR) is 120 cm³/mol. The van der Waals surface area contributed by atoms with Crippen LogP contribution in [-0.2, 0) is 6.61 Å². The first kappa shape index (κ1) is 21.2. The van der Waals surface area contributed by atoms with Gasteiger partial charge < -0.3 is 14.8 Å². The summed E-state index contributed by atoms with van der Waals surface area (Å²) in [7, 11) is 0. The molecule has 1 amide bonds. The van der Waals surface area contributed by atoms with Crippen LogP contribution >= 0.6 is 27.5 Å². The van der Waals surface area contributed by atoms with Gasteiger partial charge in [0.2, 0.25) is 0 Å². The van der Waals surface area contributed by atoms with E-state index < -0.39 is 0 Å². The molecule has 1 N–H and O–H groups in total. The van der Waals surface area contributed by atoms with Gasteiger partial charge in [-0.3, -0.25) is 4.79 Å². The van der Waals surface area contributed by atoms with Crippen molar-refractivity contribution in [3.8, 4) is 11.5 Å². The highest BCUT2D eigenvalue weighted by atomic mass is 79.9. The third kappa shape index (κ3) is 5.52. The summed E-state index contributed by atoms with van der Waals surface area (Å²) in [4.78, 5) is 12.8. The molecule has 0 aliphatic heterocycles.